The van der Waals surface area contributed by atoms with Gasteiger partial charge >= 0.3 is 11.9 Å². The summed E-state index contributed by atoms with van der Waals surface area (Å²) in [5.41, 5.74) is 10.8. The number of nitrogens with one attached hydrogen (secondary N) is 2. The number of amides is 1. The lowest BCUT2D eigenvalue weighted by molar-refractivity contribution is -0.196. The molecule has 350 valence electrons. The van der Waals surface area contributed by atoms with E-state index >= 15 is 0 Å². The summed E-state index contributed by atoms with van der Waals surface area (Å²) >= 11 is 0. The molecule has 1 amide bonds. The van der Waals surface area contributed by atoms with Crippen LogP contribution in [0.4, 0.5) is 0 Å². The van der Waals surface area contributed by atoms with Crippen LogP contribution in [0.3, 0.4) is 0 Å². The van der Waals surface area contributed by atoms with Crippen LogP contribution in [0.15, 0.2) is 66.9 Å². The quantitative estimate of drug-likeness (QED) is 0.136. The van der Waals surface area contributed by atoms with Gasteiger partial charge in [0.15, 0.2) is 0 Å². The van der Waals surface area contributed by atoms with Gasteiger partial charge in [-0.3, -0.25) is 14.4 Å². The van der Waals surface area contributed by atoms with Gasteiger partial charge in [0.1, 0.15) is 18.5 Å². The van der Waals surface area contributed by atoms with E-state index in [0.717, 1.165) is 59.2 Å². The number of nitrogens with zero attached hydrogens (tertiary/aromatic N) is 1. The van der Waals surface area contributed by atoms with Gasteiger partial charge in [-0.2, -0.15) is 0 Å². The maximum absolute atomic E-state index is 13.4. The number of unbranched alkanes of at least 4 members (excludes halogenated alkanes) is 1. The molecule has 1 aromatic heterocycles. The number of aromatic nitrogens is 2. The van der Waals surface area contributed by atoms with Crippen LogP contribution in [0.5, 0.6) is 0 Å². The zero-order valence-electron chi connectivity index (χ0n) is 40.4. The summed E-state index contributed by atoms with van der Waals surface area (Å²) in [6.07, 6.45) is 19.8. The highest BCUT2D eigenvalue weighted by Gasteiger charge is 2.64. The number of H-pyrrole nitrogens is 1. The number of aromatic amines is 1. The van der Waals surface area contributed by atoms with Crippen molar-refractivity contribution in [3.05, 3.63) is 78.2 Å². The van der Waals surface area contributed by atoms with E-state index in [-0.39, 0.29) is 53.9 Å². The molecule has 64 heavy (non-hydrogen) atoms. The normalized spacial score (nSPS) is 36.0. The van der Waals surface area contributed by atoms with Crippen molar-refractivity contribution >= 4 is 18.3 Å². The van der Waals surface area contributed by atoms with Crippen LogP contribution in [0.1, 0.15) is 157 Å². The molecule has 0 saturated heterocycles. The Morgan fingerprint density at radius 1 is 0.828 bits per heavy atom. The number of hydrogen-bond acceptors (Lipinski definition) is 7. The summed E-state index contributed by atoms with van der Waals surface area (Å²) in [6, 6.07) is 19.6. The molecule has 6 aliphatic carbocycles. The maximum atomic E-state index is 13.4. The second-order valence-electron chi connectivity index (χ2n) is 22.1. The molecule has 2 aromatic carbocycles. The van der Waals surface area contributed by atoms with Crippen molar-refractivity contribution in [1.29, 1.82) is 0 Å². The van der Waals surface area contributed by atoms with E-state index in [1.165, 1.54) is 70.6 Å². The molecule has 9 nitrogen and oxygen atoms in total. The number of ether oxygens (including phenoxy) is 2. The lowest BCUT2D eigenvalue weighted by atomic mass is 9.38. The van der Waals surface area contributed by atoms with E-state index in [0.29, 0.717) is 29.6 Å². The fourth-order valence-electron chi connectivity index (χ4n) is 14.1. The third-order valence-corrected chi connectivity index (χ3v) is 18.2. The largest absolute Gasteiger partial charge is 0.461 e. The third-order valence-electron chi connectivity index (χ3n) is 18.2. The number of nitrogens with two attached hydrogens (primary N) is 1. The van der Waals surface area contributed by atoms with Crippen molar-refractivity contribution < 1.29 is 23.9 Å². The van der Waals surface area contributed by atoms with Crippen LogP contribution in [0.2, 0.25) is 0 Å². The van der Waals surface area contributed by atoms with Crippen LogP contribution in [0, 0.1) is 63.6 Å². The first-order chi connectivity index (χ1) is 30.6. The number of imidazole rings is 1. The average molecular weight is 877 g/mol. The summed E-state index contributed by atoms with van der Waals surface area (Å²) in [7, 11) is 0. The first kappa shape index (κ1) is 48.0. The summed E-state index contributed by atoms with van der Waals surface area (Å²) in [4.78, 5) is 44.1. The molecule has 3 aromatic rings. The molecule has 13 unspecified atom stereocenters. The van der Waals surface area contributed by atoms with Gasteiger partial charge in [-0.05, 0) is 147 Å². The van der Waals surface area contributed by atoms with E-state index < -0.39 is 5.54 Å². The highest BCUT2D eigenvalue weighted by molar-refractivity contribution is 5.81. The zero-order chi connectivity index (χ0) is 45.9. The molecule has 4 N–H and O–H groups in total. The van der Waals surface area contributed by atoms with Gasteiger partial charge in [-0.15, -0.1) is 0 Å². The number of esters is 2. The van der Waals surface area contributed by atoms with Gasteiger partial charge in [0.25, 0.3) is 0 Å². The number of carbonyl (C=O) groups excluding carboxylic acids is 3. The molecular formula is C55H80N4O5. The SMILES string of the molecule is CC(C)(NC=O)c1ncc(-c2ccccc2)[nH]1.CC1C(C(=O)OCc2ccccc2)CC1C(=O)OC1CCC2(C)C(CCC3(C)C4CCC5(C)CCCC5C4CCC23)C1N.CCCC. The smallest absolute Gasteiger partial charge is 0.309 e. The molecule has 0 radical (unpaired) electrons. The molecule has 6 saturated carbocycles. The molecular weight excluding hydrogens is 797 g/mol. The third kappa shape index (κ3) is 9.49. The lowest BCUT2D eigenvalue weighted by Crippen LogP contribution is -2.64. The van der Waals surface area contributed by atoms with Gasteiger partial charge in [-0.25, -0.2) is 4.98 Å². The van der Waals surface area contributed by atoms with Gasteiger partial charge in [0, 0.05) is 6.04 Å². The molecule has 0 bridgehead atoms. The topological polar surface area (TPSA) is 136 Å². The van der Waals surface area contributed by atoms with Crippen molar-refractivity contribution in [1.82, 2.24) is 15.3 Å². The predicted octanol–water partition coefficient (Wildman–Crippen LogP) is 11.6. The monoisotopic (exact) mass is 877 g/mol. The average Bonchev–Trinajstić information content (AvgIpc) is 3.96. The van der Waals surface area contributed by atoms with E-state index in [9.17, 15) is 14.4 Å². The Bertz CT molecular complexity index is 2020. The molecule has 9 heteroatoms. The second kappa shape index (κ2) is 19.9. The van der Waals surface area contributed by atoms with E-state index in [4.69, 9.17) is 15.2 Å². The second-order valence-corrected chi connectivity index (χ2v) is 22.1. The minimum absolute atomic E-state index is 0.0661. The van der Waals surface area contributed by atoms with E-state index in [1.54, 1.807) is 6.20 Å². The Morgan fingerprint density at radius 3 is 2.14 bits per heavy atom. The number of benzene rings is 2. The lowest BCUT2D eigenvalue weighted by Gasteiger charge is -2.67. The van der Waals surface area contributed by atoms with Gasteiger partial charge in [-0.1, -0.05) is 121 Å². The Kier molecular flexibility index (Phi) is 14.9. The summed E-state index contributed by atoms with van der Waals surface area (Å²) in [5.74, 6) is 3.71. The predicted molar refractivity (Wildman–Crippen MR) is 254 cm³/mol. The molecule has 1 heterocycles. The summed E-state index contributed by atoms with van der Waals surface area (Å²) in [5, 5.41) is 2.73. The Morgan fingerprint density at radius 2 is 1.47 bits per heavy atom. The highest BCUT2D eigenvalue weighted by Crippen LogP contribution is 2.71. The molecule has 6 aliphatic rings. The first-order valence-electron chi connectivity index (χ1n) is 25.1. The number of carbonyl (C=O) groups is 3. The summed E-state index contributed by atoms with van der Waals surface area (Å²) < 4.78 is 11.8. The molecule has 0 aliphatic heterocycles. The van der Waals surface area contributed by atoms with Crippen molar-refractivity contribution in [2.45, 2.75) is 170 Å². The highest BCUT2D eigenvalue weighted by atomic mass is 16.5. The van der Waals surface area contributed by atoms with Crippen LogP contribution in [-0.4, -0.2) is 40.5 Å². The Hall–Kier alpha value is -3.98. The van der Waals surface area contributed by atoms with Crippen LogP contribution >= 0.6 is 0 Å². The Balaban J connectivity index is 0.000000242. The van der Waals surface area contributed by atoms with Gasteiger partial charge in [0.2, 0.25) is 6.41 Å². The van der Waals surface area contributed by atoms with Crippen molar-refractivity contribution in [2.75, 3.05) is 0 Å². The molecule has 6 fully saturated rings. The minimum Gasteiger partial charge on any atom is -0.461 e. The molecule has 0 spiro atoms. The fraction of sp³-hybridized carbons (Fsp3) is 0.673. The van der Waals surface area contributed by atoms with Gasteiger partial charge < -0.3 is 25.5 Å². The van der Waals surface area contributed by atoms with Crippen LogP contribution < -0.4 is 11.1 Å². The Labute approximate surface area is 384 Å². The summed E-state index contributed by atoms with van der Waals surface area (Å²) in [6.45, 7) is 18.3. The minimum atomic E-state index is -0.491. The molecule has 9 rings (SSSR count). The number of hydrogen-bond donors (Lipinski definition) is 3. The first-order valence-corrected chi connectivity index (χ1v) is 25.1. The molecule has 13 atom stereocenters. The van der Waals surface area contributed by atoms with Crippen molar-refractivity contribution in [3.8, 4) is 11.3 Å². The van der Waals surface area contributed by atoms with E-state index in [1.807, 2.05) is 81.4 Å². The maximum Gasteiger partial charge on any atom is 0.309 e. The van der Waals surface area contributed by atoms with Crippen molar-refractivity contribution in [3.63, 3.8) is 0 Å². The van der Waals surface area contributed by atoms with Crippen LogP contribution in [-0.2, 0) is 36.0 Å². The van der Waals surface area contributed by atoms with E-state index in [2.05, 4.69) is 49.9 Å². The van der Waals surface area contributed by atoms with Crippen molar-refractivity contribution in [2.24, 2.45) is 69.3 Å². The zero-order valence-corrected chi connectivity index (χ0v) is 40.4. The number of fused-ring (bicyclic) bond motifs is 7. The number of rotatable bonds is 10. The van der Waals surface area contributed by atoms with Crippen LogP contribution in [0.25, 0.3) is 11.3 Å². The fourth-order valence-corrected chi connectivity index (χ4v) is 14.1. The van der Waals surface area contributed by atoms with Gasteiger partial charge in [0.05, 0.1) is 29.3 Å². The standard InChI is InChI=1S/C38H55NO4.C13H15N3O.C4H10/c1-23-26(34(40)42-22-24-9-6-5-7-10-24)21-27(23)35(41)43-31-16-20-38(4)30(33(31)39)15-19-37(3)29-14-18-36(2)17-8-11-28(36)25(29)12-13-32(37)38;1-13(2,15-9-17)12-14-8-11(16-12)10-6-4-3-5-7-10;1-3-4-2/h5-7,9-10,23,25-33H,8,11-22,39H2,1-4H3;3-9H,1-2H3,(H,14,16)(H,15,17);3-4H2,1-2H3.